The number of ketones is 1. The van der Waals surface area contributed by atoms with Crippen molar-refractivity contribution in [3.05, 3.63) is 131 Å². The molecule has 0 aliphatic carbocycles. The van der Waals surface area contributed by atoms with E-state index in [0.717, 1.165) is 22.6 Å². The van der Waals surface area contributed by atoms with E-state index in [-0.39, 0.29) is 23.5 Å². The Bertz CT molecular complexity index is 1210. The Kier molecular flexibility index (Phi) is 8.23. The third kappa shape index (κ3) is 7.24. The van der Waals surface area contributed by atoms with E-state index in [1.54, 1.807) is 12.1 Å². The van der Waals surface area contributed by atoms with Crippen molar-refractivity contribution in [2.75, 3.05) is 5.32 Å². The van der Waals surface area contributed by atoms with Crippen LogP contribution in [0.5, 0.6) is 5.75 Å². The molecule has 0 saturated carbocycles. The number of halogens is 2. The van der Waals surface area contributed by atoms with Gasteiger partial charge in [-0.15, -0.1) is 0 Å². The fraction of sp³-hybridized carbons (Fsp3) is 0.167. The molecule has 0 radical (unpaired) electrons. The number of carbonyl (C=O) groups is 1. The third-order valence-corrected chi connectivity index (χ3v) is 5.78. The van der Waals surface area contributed by atoms with Gasteiger partial charge in [0, 0.05) is 17.7 Å². The van der Waals surface area contributed by atoms with E-state index in [9.17, 15) is 13.6 Å². The molecule has 0 heterocycles. The molecule has 0 aliphatic rings. The molecule has 0 unspecified atom stereocenters. The number of Topliss-reactive ketones (excluding diaryl/α,β-unsaturated/α-hetero) is 1. The van der Waals surface area contributed by atoms with Gasteiger partial charge in [-0.05, 0) is 84.6 Å². The summed E-state index contributed by atoms with van der Waals surface area (Å²) < 4.78 is 32.4. The van der Waals surface area contributed by atoms with E-state index in [0.29, 0.717) is 31.4 Å². The summed E-state index contributed by atoms with van der Waals surface area (Å²) in [4.78, 5) is 12.5. The van der Waals surface area contributed by atoms with Crippen molar-refractivity contribution in [1.82, 2.24) is 0 Å². The van der Waals surface area contributed by atoms with E-state index in [4.69, 9.17) is 4.74 Å². The highest BCUT2D eigenvalue weighted by molar-refractivity contribution is 5.95. The Morgan fingerprint density at radius 2 is 1.40 bits per heavy atom. The van der Waals surface area contributed by atoms with Crippen LogP contribution in [0.2, 0.25) is 0 Å². The number of hydrogen-bond donors (Lipinski definition) is 1. The number of carbonyl (C=O) groups excluding carboxylic acids is 1. The first-order valence-corrected chi connectivity index (χ1v) is 11.6. The molecule has 4 rings (SSSR count). The van der Waals surface area contributed by atoms with Crippen LogP contribution < -0.4 is 10.1 Å². The molecule has 0 amide bonds. The molecule has 178 valence electrons. The van der Waals surface area contributed by atoms with Crippen LogP contribution in [0.1, 0.15) is 46.8 Å². The average molecular weight is 472 g/mol. The van der Waals surface area contributed by atoms with Crippen molar-refractivity contribution < 1.29 is 18.3 Å². The lowest BCUT2D eigenvalue weighted by atomic mass is 9.98. The molecule has 0 fully saturated rings. The average Bonchev–Trinajstić information content (AvgIpc) is 2.89. The first-order chi connectivity index (χ1) is 17.1. The van der Waals surface area contributed by atoms with Crippen molar-refractivity contribution in [2.24, 2.45) is 0 Å². The Morgan fingerprint density at radius 1 is 0.771 bits per heavy atom. The summed E-state index contributed by atoms with van der Waals surface area (Å²) >= 11 is 0. The van der Waals surface area contributed by atoms with Crippen molar-refractivity contribution in [3.8, 4) is 5.75 Å². The van der Waals surface area contributed by atoms with E-state index >= 15 is 0 Å². The van der Waals surface area contributed by atoms with Gasteiger partial charge in [-0.25, -0.2) is 8.78 Å². The highest BCUT2D eigenvalue weighted by Crippen LogP contribution is 2.27. The predicted molar refractivity (Wildman–Crippen MR) is 135 cm³/mol. The summed E-state index contributed by atoms with van der Waals surface area (Å²) in [5.74, 6) is 0.0954. The van der Waals surface area contributed by atoms with Gasteiger partial charge in [0.25, 0.3) is 0 Å². The minimum atomic E-state index is -0.360. The number of benzene rings is 4. The number of anilines is 1. The number of hydrogen-bond acceptors (Lipinski definition) is 3. The van der Waals surface area contributed by atoms with Crippen molar-refractivity contribution in [3.63, 3.8) is 0 Å². The van der Waals surface area contributed by atoms with Gasteiger partial charge < -0.3 is 10.1 Å². The smallest absolute Gasteiger partial charge is 0.162 e. The second-order valence-corrected chi connectivity index (χ2v) is 8.37. The van der Waals surface area contributed by atoms with Crippen LogP contribution in [0.15, 0.2) is 103 Å². The van der Waals surface area contributed by atoms with Gasteiger partial charge in [-0.3, -0.25) is 4.79 Å². The van der Waals surface area contributed by atoms with Crippen molar-refractivity contribution >= 4 is 11.5 Å². The van der Waals surface area contributed by atoms with Crippen LogP contribution in [0.4, 0.5) is 14.5 Å². The summed E-state index contributed by atoms with van der Waals surface area (Å²) in [5, 5.41) is 3.45. The van der Waals surface area contributed by atoms with Gasteiger partial charge in [-0.2, -0.15) is 0 Å². The SMILES string of the molecule is O=C(CCC[C@@H](Nc1ccc(F)cc1)c1ccc(OCc2ccccc2)cc1)c1ccc(F)cc1. The standard InChI is InChI=1S/C30H27F2NO2/c31-25-13-9-24(10-14-25)30(34)8-4-7-29(33-27-17-15-26(32)16-18-27)23-11-19-28(20-12-23)35-21-22-5-2-1-3-6-22/h1-3,5-6,9-20,29,33H,4,7-8,21H2/t29-/m1/s1. The maximum atomic E-state index is 13.4. The first-order valence-electron chi connectivity index (χ1n) is 11.6. The molecule has 1 atom stereocenters. The van der Waals surface area contributed by atoms with Gasteiger partial charge in [0.1, 0.15) is 24.0 Å². The first kappa shape index (κ1) is 24.1. The van der Waals surface area contributed by atoms with Crippen LogP contribution in [0.3, 0.4) is 0 Å². The van der Waals surface area contributed by atoms with Gasteiger partial charge in [0.15, 0.2) is 5.78 Å². The summed E-state index contributed by atoms with van der Waals surface area (Å²) in [5.41, 5.74) is 3.44. The highest BCUT2D eigenvalue weighted by atomic mass is 19.1. The van der Waals surface area contributed by atoms with Crippen LogP contribution in [0, 0.1) is 11.6 Å². The summed E-state index contributed by atoms with van der Waals surface area (Å²) in [6.07, 6.45) is 1.68. The van der Waals surface area contributed by atoms with E-state index in [1.165, 1.54) is 36.4 Å². The summed E-state index contributed by atoms with van der Waals surface area (Å²) in [6, 6.07) is 29.6. The molecule has 35 heavy (non-hydrogen) atoms. The minimum absolute atomic E-state index is 0.0183. The van der Waals surface area contributed by atoms with Crippen LogP contribution in [-0.2, 0) is 6.61 Å². The molecule has 0 bridgehead atoms. The summed E-state index contributed by atoms with van der Waals surface area (Å²) in [6.45, 7) is 0.489. The van der Waals surface area contributed by atoms with Gasteiger partial charge in [-0.1, -0.05) is 42.5 Å². The topological polar surface area (TPSA) is 38.3 Å². The zero-order chi connectivity index (χ0) is 24.5. The zero-order valence-electron chi connectivity index (χ0n) is 19.3. The largest absolute Gasteiger partial charge is 0.489 e. The molecule has 5 heteroatoms. The minimum Gasteiger partial charge on any atom is -0.489 e. The molecule has 4 aromatic rings. The van der Waals surface area contributed by atoms with Crippen molar-refractivity contribution in [2.45, 2.75) is 31.9 Å². The van der Waals surface area contributed by atoms with Crippen LogP contribution in [0.25, 0.3) is 0 Å². The molecule has 0 spiro atoms. The normalized spacial score (nSPS) is 11.6. The monoisotopic (exact) mass is 471 g/mol. The second kappa shape index (κ2) is 11.9. The van der Waals surface area contributed by atoms with Crippen molar-refractivity contribution in [1.29, 1.82) is 0 Å². The fourth-order valence-corrected chi connectivity index (χ4v) is 3.85. The highest BCUT2D eigenvalue weighted by Gasteiger charge is 2.14. The molecule has 1 N–H and O–H groups in total. The fourth-order valence-electron chi connectivity index (χ4n) is 3.85. The van der Waals surface area contributed by atoms with Crippen LogP contribution >= 0.6 is 0 Å². The lowest BCUT2D eigenvalue weighted by Gasteiger charge is -2.21. The predicted octanol–water partition coefficient (Wildman–Crippen LogP) is 7.75. The lowest BCUT2D eigenvalue weighted by molar-refractivity contribution is 0.0979. The van der Waals surface area contributed by atoms with Gasteiger partial charge >= 0.3 is 0 Å². The molecule has 0 aliphatic heterocycles. The molecule has 0 saturated heterocycles. The Hall–Kier alpha value is -3.99. The molecule has 0 aromatic heterocycles. The van der Waals surface area contributed by atoms with E-state index < -0.39 is 0 Å². The van der Waals surface area contributed by atoms with E-state index in [1.807, 2.05) is 54.6 Å². The van der Waals surface area contributed by atoms with E-state index in [2.05, 4.69) is 5.32 Å². The number of nitrogens with one attached hydrogen (secondary N) is 1. The maximum absolute atomic E-state index is 13.4. The number of ether oxygens (including phenoxy) is 1. The lowest BCUT2D eigenvalue weighted by Crippen LogP contribution is -2.12. The third-order valence-electron chi connectivity index (χ3n) is 5.78. The zero-order valence-corrected chi connectivity index (χ0v) is 19.3. The molecular weight excluding hydrogens is 444 g/mol. The summed E-state index contributed by atoms with van der Waals surface area (Å²) in [7, 11) is 0. The maximum Gasteiger partial charge on any atom is 0.162 e. The number of rotatable bonds is 11. The van der Waals surface area contributed by atoms with Gasteiger partial charge in [0.05, 0.1) is 6.04 Å². The van der Waals surface area contributed by atoms with Crippen LogP contribution in [-0.4, -0.2) is 5.78 Å². The molecular formula is C30H27F2NO2. The Balaban J connectivity index is 1.41. The quantitative estimate of drug-likeness (QED) is 0.227. The Labute approximate surface area is 204 Å². The molecule has 4 aromatic carbocycles. The van der Waals surface area contributed by atoms with Gasteiger partial charge in [0.2, 0.25) is 0 Å². The second-order valence-electron chi connectivity index (χ2n) is 8.37. The molecule has 3 nitrogen and oxygen atoms in total. The Morgan fingerprint density at radius 3 is 2.06 bits per heavy atom.